The number of carbonyl (C=O) groups excluding carboxylic acids is 1. The molecule has 0 N–H and O–H groups in total. The number of hydrogen-bond acceptors (Lipinski definition) is 6. The van der Waals surface area contributed by atoms with Crippen LogP contribution in [0.1, 0.15) is 20.9 Å². The molecule has 0 fully saturated rings. The smallest absolute Gasteiger partial charge is 0.265 e. The Bertz CT molecular complexity index is 919. The molecule has 1 aromatic carbocycles. The van der Waals surface area contributed by atoms with E-state index in [4.69, 9.17) is 9.47 Å². The van der Waals surface area contributed by atoms with Crippen molar-refractivity contribution in [3.05, 3.63) is 51.8 Å². The van der Waals surface area contributed by atoms with Gasteiger partial charge in [0.2, 0.25) is 6.79 Å². The van der Waals surface area contributed by atoms with E-state index >= 15 is 0 Å². The predicted molar refractivity (Wildman–Crippen MR) is 98.5 cm³/mol. The second kappa shape index (κ2) is 6.50. The highest BCUT2D eigenvalue weighted by molar-refractivity contribution is 7.22. The van der Waals surface area contributed by atoms with Crippen LogP contribution in [0.2, 0.25) is 0 Å². The van der Waals surface area contributed by atoms with Crippen LogP contribution in [0.25, 0.3) is 9.88 Å². The quantitative estimate of drug-likeness (QED) is 0.689. The van der Waals surface area contributed by atoms with Crippen LogP contribution in [0.4, 0.5) is 0 Å². The molecule has 1 amide bonds. The standard InChI is InChI=1S/C18H16N2O3S2/c1-11-16(25-17(19-11)15-4-3-7-24-15)18(21)20(2)9-12-5-6-13-14(8-12)23-10-22-13/h3-8H,9-10H2,1-2H3. The molecule has 0 radical (unpaired) electrons. The van der Waals surface area contributed by atoms with E-state index in [1.54, 1.807) is 23.3 Å². The number of carbonyl (C=O) groups is 1. The van der Waals surface area contributed by atoms with Crippen molar-refractivity contribution in [3.8, 4) is 21.4 Å². The summed E-state index contributed by atoms with van der Waals surface area (Å²) in [4.78, 5) is 20.9. The van der Waals surface area contributed by atoms with Gasteiger partial charge in [-0.05, 0) is 36.1 Å². The number of hydrogen-bond donors (Lipinski definition) is 0. The number of aryl methyl sites for hydroxylation is 1. The summed E-state index contributed by atoms with van der Waals surface area (Å²) in [6.07, 6.45) is 0. The van der Waals surface area contributed by atoms with Gasteiger partial charge in [0.05, 0.1) is 10.6 Å². The Labute approximate surface area is 153 Å². The largest absolute Gasteiger partial charge is 0.454 e. The van der Waals surface area contributed by atoms with E-state index in [0.29, 0.717) is 11.4 Å². The first-order chi connectivity index (χ1) is 12.1. The van der Waals surface area contributed by atoms with Gasteiger partial charge < -0.3 is 14.4 Å². The van der Waals surface area contributed by atoms with Crippen molar-refractivity contribution in [2.75, 3.05) is 13.8 Å². The van der Waals surface area contributed by atoms with Crippen molar-refractivity contribution in [2.45, 2.75) is 13.5 Å². The third-order valence-electron chi connectivity index (χ3n) is 3.93. The molecule has 128 valence electrons. The molecule has 0 saturated carbocycles. The molecule has 25 heavy (non-hydrogen) atoms. The van der Waals surface area contributed by atoms with Crippen LogP contribution in [-0.2, 0) is 6.54 Å². The van der Waals surface area contributed by atoms with Gasteiger partial charge in [-0.25, -0.2) is 4.98 Å². The van der Waals surface area contributed by atoms with Crippen LogP contribution in [-0.4, -0.2) is 29.6 Å². The molecule has 1 aliphatic heterocycles. The second-order valence-electron chi connectivity index (χ2n) is 5.76. The lowest BCUT2D eigenvalue weighted by molar-refractivity contribution is 0.0789. The van der Waals surface area contributed by atoms with Gasteiger partial charge in [-0.15, -0.1) is 22.7 Å². The summed E-state index contributed by atoms with van der Waals surface area (Å²) in [6.45, 7) is 2.63. The van der Waals surface area contributed by atoms with E-state index in [0.717, 1.165) is 32.6 Å². The molecular formula is C18H16N2O3S2. The molecule has 0 unspecified atom stereocenters. The maximum Gasteiger partial charge on any atom is 0.265 e. The zero-order valence-electron chi connectivity index (χ0n) is 13.8. The molecule has 3 aromatic rings. The number of benzene rings is 1. The van der Waals surface area contributed by atoms with Gasteiger partial charge in [-0.2, -0.15) is 0 Å². The van der Waals surface area contributed by atoms with Gasteiger partial charge in [0.1, 0.15) is 9.88 Å². The molecule has 0 saturated heterocycles. The first-order valence-corrected chi connectivity index (χ1v) is 9.47. The molecular weight excluding hydrogens is 356 g/mol. The summed E-state index contributed by atoms with van der Waals surface area (Å²) >= 11 is 3.08. The minimum absolute atomic E-state index is 0.0181. The summed E-state index contributed by atoms with van der Waals surface area (Å²) in [5.74, 6) is 1.46. The molecule has 2 aromatic heterocycles. The first kappa shape index (κ1) is 16.1. The van der Waals surface area contributed by atoms with Crippen molar-refractivity contribution in [1.29, 1.82) is 0 Å². The second-order valence-corrected chi connectivity index (χ2v) is 7.71. The average Bonchev–Trinajstić information content (AvgIpc) is 3.33. The monoisotopic (exact) mass is 372 g/mol. The number of rotatable bonds is 4. The van der Waals surface area contributed by atoms with Crippen LogP contribution < -0.4 is 9.47 Å². The Morgan fingerprint density at radius 1 is 1.28 bits per heavy atom. The molecule has 3 heterocycles. The van der Waals surface area contributed by atoms with E-state index in [9.17, 15) is 4.79 Å². The van der Waals surface area contributed by atoms with Gasteiger partial charge in [0.25, 0.3) is 5.91 Å². The Balaban J connectivity index is 1.52. The number of aromatic nitrogens is 1. The highest BCUT2D eigenvalue weighted by Gasteiger charge is 2.21. The molecule has 5 nitrogen and oxygen atoms in total. The van der Waals surface area contributed by atoms with E-state index in [1.165, 1.54) is 11.3 Å². The number of thiophene rings is 1. The molecule has 7 heteroatoms. The Hall–Kier alpha value is -2.38. The number of amides is 1. The normalized spacial score (nSPS) is 12.4. The van der Waals surface area contributed by atoms with Crippen molar-refractivity contribution in [3.63, 3.8) is 0 Å². The van der Waals surface area contributed by atoms with Gasteiger partial charge >= 0.3 is 0 Å². The number of thiazole rings is 1. The molecule has 4 rings (SSSR count). The van der Waals surface area contributed by atoms with Crippen LogP contribution in [0.15, 0.2) is 35.7 Å². The third kappa shape index (κ3) is 3.12. The van der Waals surface area contributed by atoms with Crippen LogP contribution in [0.5, 0.6) is 11.5 Å². The minimum Gasteiger partial charge on any atom is -0.454 e. The van der Waals surface area contributed by atoms with Gasteiger partial charge in [0, 0.05) is 13.6 Å². The molecule has 1 aliphatic rings. The van der Waals surface area contributed by atoms with E-state index < -0.39 is 0 Å². The lowest BCUT2D eigenvalue weighted by Gasteiger charge is -2.16. The zero-order valence-corrected chi connectivity index (χ0v) is 15.4. The molecule has 0 aliphatic carbocycles. The maximum absolute atomic E-state index is 12.8. The zero-order chi connectivity index (χ0) is 17.4. The SMILES string of the molecule is Cc1nc(-c2cccs2)sc1C(=O)N(C)Cc1ccc2c(c1)OCO2. The first-order valence-electron chi connectivity index (χ1n) is 7.77. The lowest BCUT2D eigenvalue weighted by Crippen LogP contribution is -2.26. The van der Waals surface area contributed by atoms with Crippen LogP contribution >= 0.6 is 22.7 Å². The fraction of sp³-hybridized carbons (Fsp3) is 0.222. The van der Waals surface area contributed by atoms with E-state index in [-0.39, 0.29) is 12.7 Å². The fourth-order valence-corrected chi connectivity index (χ4v) is 4.52. The van der Waals surface area contributed by atoms with Crippen molar-refractivity contribution in [2.24, 2.45) is 0 Å². The van der Waals surface area contributed by atoms with Gasteiger partial charge in [-0.1, -0.05) is 12.1 Å². The third-order valence-corrected chi connectivity index (χ3v) is 6.11. The number of nitrogens with zero attached hydrogens (tertiary/aromatic N) is 2. The fourth-order valence-electron chi connectivity index (χ4n) is 2.66. The molecule has 0 bridgehead atoms. The summed E-state index contributed by atoms with van der Waals surface area (Å²) in [7, 11) is 1.80. The average molecular weight is 372 g/mol. The van der Waals surface area contributed by atoms with E-state index in [1.807, 2.05) is 42.6 Å². The van der Waals surface area contributed by atoms with Crippen LogP contribution in [0.3, 0.4) is 0 Å². The highest BCUT2D eigenvalue weighted by atomic mass is 32.1. The van der Waals surface area contributed by atoms with Gasteiger partial charge in [0.15, 0.2) is 11.5 Å². The minimum atomic E-state index is -0.0181. The Morgan fingerprint density at radius 3 is 2.92 bits per heavy atom. The lowest BCUT2D eigenvalue weighted by atomic mass is 10.2. The topological polar surface area (TPSA) is 51.7 Å². The van der Waals surface area contributed by atoms with E-state index in [2.05, 4.69) is 4.98 Å². The Kier molecular flexibility index (Phi) is 4.19. The molecule has 0 atom stereocenters. The predicted octanol–water partition coefficient (Wildman–Crippen LogP) is 4.18. The number of fused-ring (bicyclic) bond motifs is 1. The summed E-state index contributed by atoms with van der Waals surface area (Å²) < 4.78 is 10.7. The van der Waals surface area contributed by atoms with Crippen molar-refractivity contribution < 1.29 is 14.3 Å². The van der Waals surface area contributed by atoms with Gasteiger partial charge in [-0.3, -0.25) is 4.79 Å². The molecule has 0 spiro atoms. The van der Waals surface area contributed by atoms with Crippen LogP contribution in [0, 0.1) is 6.92 Å². The van der Waals surface area contributed by atoms with Crippen molar-refractivity contribution >= 4 is 28.6 Å². The summed E-state index contributed by atoms with van der Waals surface area (Å²) in [5, 5.41) is 2.91. The van der Waals surface area contributed by atoms with Crippen molar-refractivity contribution in [1.82, 2.24) is 9.88 Å². The highest BCUT2D eigenvalue weighted by Crippen LogP contribution is 2.34. The summed E-state index contributed by atoms with van der Waals surface area (Å²) in [6, 6.07) is 9.76. The maximum atomic E-state index is 12.8. The number of ether oxygens (including phenoxy) is 2. The summed E-state index contributed by atoms with van der Waals surface area (Å²) in [5.41, 5.74) is 1.77. The Morgan fingerprint density at radius 2 is 2.12 bits per heavy atom.